The summed E-state index contributed by atoms with van der Waals surface area (Å²) in [4.78, 5) is 65.8. The van der Waals surface area contributed by atoms with Crippen molar-refractivity contribution < 1.29 is 62.3 Å². The number of ketones is 2. The molecule has 4 aliphatic carbocycles. The van der Waals surface area contributed by atoms with Crippen LogP contribution < -0.4 is 4.74 Å². The highest BCUT2D eigenvalue weighted by molar-refractivity contribution is 6.01. The zero-order valence-electron chi connectivity index (χ0n) is 27.5. The Kier molecular flexibility index (Phi) is 8.47. The highest BCUT2D eigenvalue weighted by Gasteiger charge is 2.80. The predicted molar refractivity (Wildman–Crippen MR) is 163 cm³/mol. The van der Waals surface area contributed by atoms with Gasteiger partial charge < -0.3 is 33.6 Å². The van der Waals surface area contributed by atoms with E-state index >= 15 is 4.39 Å². The fourth-order valence-corrected chi connectivity index (χ4v) is 9.19. The van der Waals surface area contributed by atoms with Crippen molar-refractivity contribution in [2.75, 3.05) is 13.2 Å². The number of Topliss-reactive ketones (excluding diaryl/α,β-unsaturated/α-hetero) is 1. The minimum Gasteiger partial charge on any atom is -0.426 e. The largest absolute Gasteiger partial charge is 0.509 e. The van der Waals surface area contributed by atoms with E-state index in [0.29, 0.717) is 24.0 Å². The number of aliphatic hydroxyl groups is 1. The normalized spacial score (nSPS) is 36.7. The second-order valence-electron chi connectivity index (χ2n) is 14.2. The fraction of sp³-hybridized carbons (Fsp3) is 0.588. The van der Waals surface area contributed by atoms with Crippen LogP contribution in [-0.4, -0.2) is 76.4 Å². The van der Waals surface area contributed by atoms with E-state index in [4.69, 9.17) is 23.7 Å². The maximum Gasteiger partial charge on any atom is 0.509 e. The van der Waals surface area contributed by atoms with Crippen LogP contribution in [0.2, 0.25) is 0 Å². The molecule has 15 heteroatoms. The molecule has 0 amide bonds. The third kappa shape index (κ3) is 5.51. The Bertz CT molecular complexity index is 1660. The molecule has 1 saturated heterocycles. The van der Waals surface area contributed by atoms with E-state index in [0.717, 1.165) is 0 Å². The summed E-state index contributed by atoms with van der Waals surface area (Å²) in [6.07, 6.45) is 1.51. The Hall–Kier alpha value is -4.21. The van der Waals surface area contributed by atoms with Gasteiger partial charge in [0.1, 0.15) is 12.4 Å². The lowest BCUT2D eigenvalue weighted by Gasteiger charge is -2.62. The Balaban J connectivity index is 1.14. The molecule has 6 rings (SSSR count). The zero-order valence-corrected chi connectivity index (χ0v) is 27.5. The number of fused-ring (bicyclic) bond motifs is 7. The monoisotopic (exact) mass is 687 g/mol. The van der Waals surface area contributed by atoms with Gasteiger partial charge in [-0.2, -0.15) is 0 Å². The molecule has 14 nitrogen and oxygen atoms in total. The van der Waals surface area contributed by atoms with E-state index in [9.17, 15) is 34.4 Å². The van der Waals surface area contributed by atoms with Crippen molar-refractivity contribution in [3.05, 3.63) is 63.7 Å². The molecule has 0 bridgehead atoms. The van der Waals surface area contributed by atoms with Crippen molar-refractivity contribution in [2.24, 2.45) is 22.7 Å². The van der Waals surface area contributed by atoms with Crippen LogP contribution in [0.4, 0.5) is 9.18 Å². The maximum absolute atomic E-state index is 17.6. The lowest BCUT2D eigenvalue weighted by molar-refractivity contribution is -0.763. The number of ether oxygens (including phenoxy) is 5. The Labute approximate surface area is 280 Å². The van der Waals surface area contributed by atoms with E-state index < -0.39 is 88.1 Å². The van der Waals surface area contributed by atoms with E-state index in [2.05, 4.69) is 4.84 Å². The molecule has 4 fully saturated rings. The van der Waals surface area contributed by atoms with Gasteiger partial charge >= 0.3 is 12.1 Å². The van der Waals surface area contributed by atoms with E-state index in [1.54, 1.807) is 33.8 Å². The molecule has 3 saturated carbocycles. The second-order valence-corrected chi connectivity index (χ2v) is 14.2. The molecular formula is C34H38FNO13. The number of rotatable bonds is 9. The van der Waals surface area contributed by atoms with Gasteiger partial charge in [0.25, 0.3) is 5.09 Å². The van der Waals surface area contributed by atoms with E-state index in [1.807, 2.05) is 0 Å². The van der Waals surface area contributed by atoms with E-state index in [1.165, 1.54) is 36.4 Å². The number of aliphatic hydroxyl groups excluding tert-OH is 1. The number of halogens is 1. The van der Waals surface area contributed by atoms with Gasteiger partial charge in [0.05, 0.1) is 12.2 Å². The van der Waals surface area contributed by atoms with Crippen molar-refractivity contribution in [3.8, 4) is 5.75 Å². The number of carbonyl (C=O) groups excluding carboxylic acids is 4. The Morgan fingerprint density at radius 1 is 1.12 bits per heavy atom. The number of alkyl halides is 1. The summed E-state index contributed by atoms with van der Waals surface area (Å²) < 4.78 is 45.3. The summed E-state index contributed by atoms with van der Waals surface area (Å²) in [6, 6.07) is 5.74. The van der Waals surface area contributed by atoms with Crippen molar-refractivity contribution >= 4 is 23.7 Å². The molecule has 5 aliphatic rings. The first-order valence-electron chi connectivity index (χ1n) is 16.0. The number of esters is 1. The molecule has 264 valence electrons. The van der Waals surface area contributed by atoms with Gasteiger partial charge in [0, 0.05) is 16.7 Å². The summed E-state index contributed by atoms with van der Waals surface area (Å²) >= 11 is 0. The molecule has 1 N–H and O–H groups in total. The molecule has 1 aliphatic heterocycles. The van der Waals surface area contributed by atoms with Crippen LogP contribution in [0.1, 0.15) is 58.9 Å². The van der Waals surface area contributed by atoms with Crippen LogP contribution in [-0.2, 0) is 44.8 Å². The van der Waals surface area contributed by atoms with Gasteiger partial charge in [-0.3, -0.25) is 9.59 Å². The smallest absolute Gasteiger partial charge is 0.426 e. The van der Waals surface area contributed by atoms with Crippen LogP contribution in [0.3, 0.4) is 0 Å². The third-order valence-corrected chi connectivity index (χ3v) is 11.1. The molecule has 0 spiro atoms. The van der Waals surface area contributed by atoms with Gasteiger partial charge in [-0.15, -0.1) is 10.1 Å². The summed E-state index contributed by atoms with van der Waals surface area (Å²) in [5.41, 5.74) is -5.21. The summed E-state index contributed by atoms with van der Waals surface area (Å²) in [5, 5.41) is 21.1. The van der Waals surface area contributed by atoms with Gasteiger partial charge in [-0.1, -0.05) is 30.7 Å². The first-order chi connectivity index (χ1) is 22.9. The minimum absolute atomic E-state index is 0.0240. The lowest BCUT2D eigenvalue weighted by Crippen LogP contribution is -2.70. The fourth-order valence-electron chi connectivity index (χ4n) is 9.19. The highest BCUT2D eigenvalue weighted by Crippen LogP contribution is 2.72. The van der Waals surface area contributed by atoms with Crippen LogP contribution in [0.15, 0.2) is 48.1 Å². The first-order valence-corrected chi connectivity index (χ1v) is 16.0. The molecule has 8 atom stereocenters. The summed E-state index contributed by atoms with van der Waals surface area (Å²) in [6.45, 7) is 4.72. The van der Waals surface area contributed by atoms with Crippen LogP contribution in [0, 0.1) is 32.8 Å². The van der Waals surface area contributed by atoms with Crippen molar-refractivity contribution in [3.63, 3.8) is 0 Å². The topological polar surface area (TPSA) is 187 Å². The highest BCUT2D eigenvalue weighted by atomic mass is 19.1. The van der Waals surface area contributed by atoms with Gasteiger partial charge in [0.2, 0.25) is 5.78 Å². The number of nitrogens with zero attached hydrogens (tertiary/aromatic N) is 1. The van der Waals surface area contributed by atoms with Crippen LogP contribution >= 0.6 is 0 Å². The molecule has 1 aromatic carbocycles. The third-order valence-electron chi connectivity index (χ3n) is 11.1. The van der Waals surface area contributed by atoms with Crippen molar-refractivity contribution in [1.82, 2.24) is 0 Å². The SMILES string of the molecule is CC1(C)O[C@@H]2C[C@H]3C4CCC5=CC(=O)C=C[C@]5(C)[C@@]4(F)[C@@H](O)C[C@]3(C)[C@]2(C(=O)COC(=O)OCC(=O)Oc2cccc(CO[N+](=O)[O-])c2)O1. The molecule has 0 aromatic heterocycles. The summed E-state index contributed by atoms with van der Waals surface area (Å²) in [5.74, 6) is -4.25. The van der Waals surface area contributed by atoms with Gasteiger partial charge in [-0.05, 0) is 82.2 Å². The average Bonchev–Trinajstić information content (AvgIpc) is 3.44. The lowest BCUT2D eigenvalue weighted by atomic mass is 9.44. The molecule has 1 unspecified atom stereocenters. The van der Waals surface area contributed by atoms with Crippen molar-refractivity contribution in [2.45, 2.75) is 89.2 Å². The molecule has 1 heterocycles. The van der Waals surface area contributed by atoms with Gasteiger partial charge in [-0.25, -0.2) is 14.0 Å². The number of hydrogen-bond acceptors (Lipinski definition) is 13. The number of benzene rings is 1. The first kappa shape index (κ1) is 34.6. The number of carbonyl (C=O) groups is 4. The second kappa shape index (κ2) is 12.0. The summed E-state index contributed by atoms with van der Waals surface area (Å²) in [7, 11) is 0. The molecule has 1 aromatic rings. The number of hydrogen-bond donors (Lipinski definition) is 1. The van der Waals surface area contributed by atoms with Crippen LogP contribution in [0.5, 0.6) is 5.75 Å². The zero-order chi connectivity index (χ0) is 35.6. The molecule has 0 radical (unpaired) electrons. The van der Waals surface area contributed by atoms with E-state index in [-0.39, 0.29) is 31.0 Å². The van der Waals surface area contributed by atoms with Crippen LogP contribution in [0.25, 0.3) is 0 Å². The predicted octanol–water partition coefficient (Wildman–Crippen LogP) is 3.89. The van der Waals surface area contributed by atoms with Gasteiger partial charge in [0.15, 0.2) is 36.1 Å². The Morgan fingerprint density at radius 2 is 1.86 bits per heavy atom. The minimum atomic E-state index is -2.13. The standard InChI is InChI=1S/C34H38FNO13/c1-30(2)48-27-14-24-23-9-8-20-13-21(37)10-11-31(20,3)33(23,35)25(38)15-32(24,4)34(27,49-30)26(39)17-44-29(41)45-18-28(40)47-22-7-5-6-19(12-22)16-46-36(42)43/h5-7,10-13,23-25,27,38H,8-9,14-18H2,1-4H3/t23?,24-,25-,27+,31-,32-,33-,34+/m0/s1. The number of allylic oxidation sites excluding steroid dienone is 4. The molecular weight excluding hydrogens is 649 g/mol. The average molecular weight is 688 g/mol. The Morgan fingerprint density at radius 3 is 2.59 bits per heavy atom. The quantitative estimate of drug-likeness (QED) is 0.171. The molecule has 49 heavy (non-hydrogen) atoms. The van der Waals surface area contributed by atoms with Crippen molar-refractivity contribution in [1.29, 1.82) is 0 Å². The maximum atomic E-state index is 17.6.